The first-order valence-corrected chi connectivity index (χ1v) is 10.2. The van der Waals surface area contributed by atoms with Crippen LogP contribution >= 0.6 is 12.2 Å². The molecule has 3 rings (SSSR count). The lowest BCUT2D eigenvalue weighted by atomic mass is 10.1. The Balaban J connectivity index is 1.75. The van der Waals surface area contributed by atoms with Crippen LogP contribution in [0.1, 0.15) is 36.4 Å². The summed E-state index contributed by atoms with van der Waals surface area (Å²) in [6.45, 7) is 10.6. The van der Waals surface area contributed by atoms with Crippen molar-refractivity contribution in [3.8, 4) is 5.75 Å². The predicted octanol–water partition coefficient (Wildman–Crippen LogP) is 4.86. The molecule has 0 aliphatic rings. The fraction of sp³-hybridized carbons (Fsp3) is 0.318. The van der Waals surface area contributed by atoms with E-state index in [1.807, 2.05) is 44.2 Å². The Labute approximate surface area is 176 Å². The summed E-state index contributed by atoms with van der Waals surface area (Å²) < 4.78 is 8.03. The van der Waals surface area contributed by atoms with E-state index in [4.69, 9.17) is 17.0 Å². The molecule has 0 spiro atoms. The number of benzene rings is 2. The van der Waals surface area contributed by atoms with Gasteiger partial charge in [-0.3, -0.25) is 0 Å². The molecule has 0 aliphatic carbocycles. The highest BCUT2D eigenvalue weighted by molar-refractivity contribution is 7.71. The number of nitrogens with one attached hydrogen (secondary N) is 1. The van der Waals surface area contributed by atoms with E-state index < -0.39 is 0 Å². The number of aromatic amines is 1. The van der Waals surface area contributed by atoms with Gasteiger partial charge in [0.25, 0.3) is 0 Å². The van der Waals surface area contributed by atoms with Gasteiger partial charge >= 0.3 is 0 Å². The average Bonchev–Trinajstić information content (AvgIpc) is 3.07. The lowest BCUT2D eigenvalue weighted by Crippen LogP contribution is -2.21. The summed E-state index contributed by atoms with van der Waals surface area (Å²) in [5, 5.41) is 11.6. The highest BCUT2D eigenvalue weighted by atomic mass is 32.1. The van der Waals surface area contributed by atoms with E-state index in [0.29, 0.717) is 10.6 Å². The van der Waals surface area contributed by atoms with Gasteiger partial charge in [-0.1, -0.05) is 30.3 Å². The van der Waals surface area contributed by atoms with Gasteiger partial charge in [0.05, 0.1) is 6.21 Å². The molecule has 1 heterocycles. The zero-order chi connectivity index (χ0) is 20.8. The van der Waals surface area contributed by atoms with Crippen LogP contribution in [0.4, 0.5) is 5.69 Å². The molecule has 0 radical (unpaired) electrons. The summed E-state index contributed by atoms with van der Waals surface area (Å²) in [5.74, 6) is 1.48. The number of anilines is 1. The van der Waals surface area contributed by atoms with Crippen molar-refractivity contribution in [2.45, 2.75) is 34.3 Å². The van der Waals surface area contributed by atoms with Crippen LogP contribution in [0.2, 0.25) is 0 Å². The minimum atomic E-state index is 0.275. The van der Waals surface area contributed by atoms with E-state index >= 15 is 0 Å². The van der Waals surface area contributed by atoms with Gasteiger partial charge in [-0.15, -0.1) is 0 Å². The minimum Gasteiger partial charge on any atom is -0.485 e. The summed E-state index contributed by atoms with van der Waals surface area (Å²) in [5.41, 5.74) is 4.37. The van der Waals surface area contributed by atoms with E-state index in [9.17, 15) is 0 Å². The number of hydrogen-bond donors (Lipinski definition) is 1. The highest BCUT2D eigenvalue weighted by Gasteiger charge is 2.09. The zero-order valence-electron chi connectivity index (χ0n) is 17.3. The third-order valence-electron chi connectivity index (χ3n) is 4.82. The first-order chi connectivity index (χ1) is 14.0. The smallest absolute Gasteiger partial charge is 0.216 e. The van der Waals surface area contributed by atoms with Crippen molar-refractivity contribution in [2.24, 2.45) is 5.10 Å². The molecule has 0 saturated carbocycles. The molecular formula is C22H27N5OS. The van der Waals surface area contributed by atoms with Crippen molar-refractivity contribution >= 4 is 24.1 Å². The highest BCUT2D eigenvalue weighted by Crippen LogP contribution is 2.23. The Morgan fingerprint density at radius 3 is 2.38 bits per heavy atom. The van der Waals surface area contributed by atoms with Crippen molar-refractivity contribution in [1.82, 2.24) is 14.9 Å². The van der Waals surface area contributed by atoms with Gasteiger partial charge < -0.3 is 9.64 Å². The van der Waals surface area contributed by atoms with Gasteiger partial charge in [0, 0.05) is 18.8 Å². The van der Waals surface area contributed by atoms with E-state index in [1.54, 1.807) is 10.9 Å². The first-order valence-electron chi connectivity index (χ1n) is 9.78. The molecule has 2 aromatic carbocycles. The number of para-hydroxylation sites is 1. The van der Waals surface area contributed by atoms with Crippen molar-refractivity contribution < 1.29 is 4.74 Å². The van der Waals surface area contributed by atoms with E-state index in [-0.39, 0.29) is 6.61 Å². The van der Waals surface area contributed by atoms with Crippen LogP contribution in [0.25, 0.3) is 0 Å². The Kier molecular flexibility index (Phi) is 6.82. The molecule has 3 aromatic rings. The van der Waals surface area contributed by atoms with Gasteiger partial charge in [0.2, 0.25) is 4.77 Å². The van der Waals surface area contributed by atoms with Crippen molar-refractivity contribution in [3.05, 3.63) is 69.8 Å². The second-order valence-electron chi connectivity index (χ2n) is 6.77. The molecule has 152 valence electrons. The van der Waals surface area contributed by atoms with Crippen LogP contribution in [0.5, 0.6) is 5.75 Å². The normalized spacial score (nSPS) is 11.2. The number of H-pyrrole nitrogens is 1. The number of hydrogen-bond acceptors (Lipinski definition) is 5. The zero-order valence-corrected chi connectivity index (χ0v) is 18.2. The van der Waals surface area contributed by atoms with Crippen LogP contribution < -0.4 is 9.64 Å². The molecule has 6 nitrogen and oxygen atoms in total. The molecular weight excluding hydrogens is 382 g/mol. The maximum absolute atomic E-state index is 6.00. The molecule has 0 unspecified atom stereocenters. The van der Waals surface area contributed by atoms with Crippen LogP contribution in [-0.4, -0.2) is 34.2 Å². The second kappa shape index (κ2) is 9.52. The molecule has 7 heteroatoms. The molecule has 1 aromatic heterocycles. The summed E-state index contributed by atoms with van der Waals surface area (Å²) in [7, 11) is 0. The molecule has 0 bridgehead atoms. The first kappa shape index (κ1) is 20.8. The van der Waals surface area contributed by atoms with Crippen LogP contribution in [-0.2, 0) is 6.61 Å². The maximum atomic E-state index is 6.00. The third kappa shape index (κ3) is 4.92. The third-order valence-corrected chi connectivity index (χ3v) is 5.08. The number of ether oxygens (including phenoxy) is 1. The second-order valence-corrected chi connectivity index (χ2v) is 7.16. The number of aromatic nitrogens is 3. The van der Waals surface area contributed by atoms with Crippen LogP contribution in [0.3, 0.4) is 0 Å². The Morgan fingerprint density at radius 2 is 1.76 bits per heavy atom. The topological polar surface area (TPSA) is 58.4 Å². The maximum Gasteiger partial charge on any atom is 0.216 e. The molecule has 1 N–H and O–H groups in total. The molecule has 0 amide bonds. The quantitative estimate of drug-likeness (QED) is 0.426. The summed E-state index contributed by atoms with van der Waals surface area (Å²) in [4.78, 5) is 2.30. The van der Waals surface area contributed by atoms with Gasteiger partial charge in [-0.2, -0.15) is 14.9 Å². The fourth-order valence-electron chi connectivity index (χ4n) is 3.18. The van der Waals surface area contributed by atoms with Crippen molar-refractivity contribution in [2.75, 3.05) is 18.0 Å². The average molecular weight is 410 g/mol. The summed E-state index contributed by atoms with van der Waals surface area (Å²) in [6.07, 6.45) is 1.78. The van der Waals surface area contributed by atoms with Gasteiger partial charge in [-0.05, 0) is 68.7 Å². The Bertz CT molecular complexity index is 1010. The molecule has 0 atom stereocenters. The monoisotopic (exact) mass is 409 g/mol. The van der Waals surface area contributed by atoms with Gasteiger partial charge in [0.1, 0.15) is 12.4 Å². The largest absolute Gasteiger partial charge is 0.485 e. The van der Waals surface area contributed by atoms with Crippen LogP contribution in [0.15, 0.2) is 47.6 Å². The molecule has 0 saturated heterocycles. The Hall–Kier alpha value is -2.93. The van der Waals surface area contributed by atoms with E-state index in [2.05, 4.69) is 46.2 Å². The molecule has 0 aliphatic heterocycles. The molecule has 29 heavy (non-hydrogen) atoms. The SMILES string of the molecule is CCN(CC)c1ccc(/C=N\n2c(COc3c(C)cccc3C)n[nH]c2=S)cc1. The minimum absolute atomic E-state index is 0.275. The van der Waals surface area contributed by atoms with Gasteiger partial charge in [0.15, 0.2) is 5.82 Å². The number of nitrogens with zero attached hydrogens (tertiary/aromatic N) is 4. The van der Waals surface area contributed by atoms with Crippen molar-refractivity contribution in [1.29, 1.82) is 0 Å². The van der Waals surface area contributed by atoms with E-state index in [1.165, 1.54) is 5.69 Å². The lowest BCUT2D eigenvalue weighted by molar-refractivity contribution is 0.287. The standard InChI is InChI=1S/C22H27N5OS/c1-5-26(6-2)19-12-10-18(11-13-19)14-23-27-20(24-25-22(27)29)15-28-21-16(3)8-7-9-17(21)4/h7-14H,5-6,15H2,1-4H3,(H,25,29)/b23-14-. The van der Waals surface area contributed by atoms with E-state index in [0.717, 1.165) is 35.5 Å². The predicted molar refractivity (Wildman–Crippen MR) is 121 cm³/mol. The fourth-order valence-corrected chi connectivity index (χ4v) is 3.38. The Morgan fingerprint density at radius 1 is 1.10 bits per heavy atom. The number of aryl methyl sites for hydroxylation is 2. The van der Waals surface area contributed by atoms with Crippen LogP contribution in [0, 0.1) is 18.6 Å². The molecule has 0 fully saturated rings. The number of rotatable bonds is 8. The summed E-state index contributed by atoms with van der Waals surface area (Å²) >= 11 is 5.33. The van der Waals surface area contributed by atoms with Crippen molar-refractivity contribution in [3.63, 3.8) is 0 Å². The summed E-state index contributed by atoms with van der Waals surface area (Å²) in [6, 6.07) is 14.4. The van der Waals surface area contributed by atoms with Gasteiger partial charge in [-0.25, -0.2) is 5.10 Å². The lowest BCUT2D eigenvalue weighted by Gasteiger charge is -2.20.